The van der Waals surface area contributed by atoms with Crippen LogP contribution in [0.1, 0.15) is 39.0 Å². The van der Waals surface area contributed by atoms with Crippen LogP contribution in [0.2, 0.25) is 10.0 Å². The van der Waals surface area contributed by atoms with Crippen LogP contribution in [0.15, 0.2) is 18.2 Å². The van der Waals surface area contributed by atoms with Gasteiger partial charge in [-0.15, -0.1) is 0 Å². The molecule has 1 saturated heterocycles. The molecule has 3 nitrogen and oxygen atoms in total. The Hall–Kier alpha value is -0.480. The molecule has 0 saturated carbocycles. The van der Waals surface area contributed by atoms with Gasteiger partial charge in [0.2, 0.25) is 0 Å². The highest BCUT2D eigenvalue weighted by Crippen LogP contribution is 2.28. The Bertz CT molecular complexity index is 498. The molecule has 136 valence electrons. The average molecular weight is 374 g/mol. The molecule has 0 radical (unpaired) electrons. The summed E-state index contributed by atoms with van der Waals surface area (Å²) >= 11 is 11.9. The van der Waals surface area contributed by atoms with E-state index in [9.17, 15) is 0 Å². The van der Waals surface area contributed by atoms with E-state index in [2.05, 4.69) is 11.8 Å². The standard InChI is InChI=1S/C19H29Cl2NO2/c1-3-4-5-10-22-11-8-15(19(14-22)23-2)9-12-24-16-6-7-17(20)18(21)13-16/h6-7,13,15,19H,3-5,8-12,14H2,1-2H3/t15-,19+/m1/s1. The largest absolute Gasteiger partial charge is 0.494 e. The summed E-state index contributed by atoms with van der Waals surface area (Å²) in [6.07, 6.45) is 6.36. The number of ether oxygens (including phenoxy) is 2. The fraction of sp³-hybridized carbons (Fsp3) is 0.684. The molecule has 1 aliphatic heterocycles. The van der Waals surface area contributed by atoms with Crippen molar-refractivity contribution in [1.29, 1.82) is 0 Å². The van der Waals surface area contributed by atoms with E-state index in [1.165, 1.54) is 38.8 Å². The zero-order chi connectivity index (χ0) is 17.4. The van der Waals surface area contributed by atoms with Crippen LogP contribution < -0.4 is 4.74 Å². The highest BCUT2D eigenvalue weighted by Gasteiger charge is 2.28. The number of likely N-dealkylation sites (tertiary alicyclic amines) is 1. The lowest BCUT2D eigenvalue weighted by Crippen LogP contribution is -2.45. The van der Waals surface area contributed by atoms with Crippen molar-refractivity contribution in [1.82, 2.24) is 4.90 Å². The van der Waals surface area contributed by atoms with Crippen molar-refractivity contribution in [3.63, 3.8) is 0 Å². The first kappa shape index (κ1) is 19.8. The van der Waals surface area contributed by atoms with E-state index in [1.54, 1.807) is 12.1 Å². The van der Waals surface area contributed by atoms with Gasteiger partial charge in [-0.2, -0.15) is 0 Å². The van der Waals surface area contributed by atoms with E-state index >= 15 is 0 Å². The number of methoxy groups -OCH3 is 1. The maximum Gasteiger partial charge on any atom is 0.120 e. The van der Waals surface area contributed by atoms with Crippen LogP contribution in [0.5, 0.6) is 5.75 Å². The van der Waals surface area contributed by atoms with Crippen molar-refractivity contribution < 1.29 is 9.47 Å². The molecule has 0 unspecified atom stereocenters. The molecule has 1 aromatic rings. The minimum atomic E-state index is 0.304. The SMILES string of the molecule is CCCCCN1CC[C@H](CCOc2ccc(Cl)c(Cl)c2)[C@@H](OC)C1. The van der Waals surface area contributed by atoms with Crippen molar-refractivity contribution >= 4 is 23.2 Å². The van der Waals surface area contributed by atoms with Gasteiger partial charge >= 0.3 is 0 Å². The molecule has 24 heavy (non-hydrogen) atoms. The van der Waals surface area contributed by atoms with Crippen LogP contribution >= 0.6 is 23.2 Å². The van der Waals surface area contributed by atoms with Crippen molar-refractivity contribution in [2.45, 2.75) is 45.1 Å². The summed E-state index contributed by atoms with van der Waals surface area (Å²) in [5.41, 5.74) is 0. The molecule has 5 heteroatoms. The van der Waals surface area contributed by atoms with Gasteiger partial charge in [0.05, 0.1) is 22.8 Å². The number of hydrogen-bond donors (Lipinski definition) is 0. The summed E-state index contributed by atoms with van der Waals surface area (Å²) in [6, 6.07) is 5.40. The zero-order valence-corrected chi connectivity index (χ0v) is 16.3. The molecule has 1 aliphatic rings. The van der Waals surface area contributed by atoms with Gasteiger partial charge in [0, 0.05) is 19.7 Å². The van der Waals surface area contributed by atoms with Crippen LogP contribution in [0.3, 0.4) is 0 Å². The molecule has 2 rings (SSSR count). The molecular weight excluding hydrogens is 345 g/mol. The van der Waals surface area contributed by atoms with Crippen molar-refractivity contribution in [3.8, 4) is 5.75 Å². The van der Waals surface area contributed by atoms with Crippen LogP contribution in [0.4, 0.5) is 0 Å². The summed E-state index contributed by atoms with van der Waals surface area (Å²) in [4.78, 5) is 2.54. The first-order valence-electron chi connectivity index (χ1n) is 8.97. The molecule has 0 spiro atoms. The van der Waals surface area contributed by atoms with Gasteiger partial charge < -0.3 is 14.4 Å². The number of hydrogen-bond acceptors (Lipinski definition) is 3. The molecule has 2 atom stereocenters. The van der Waals surface area contributed by atoms with Crippen LogP contribution in [0.25, 0.3) is 0 Å². The Kier molecular flexibility index (Phi) is 8.68. The first-order chi connectivity index (χ1) is 11.6. The van der Waals surface area contributed by atoms with Crippen molar-refractivity contribution in [2.75, 3.05) is 33.4 Å². The Labute approximate surface area is 156 Å². The minimum Gasteiger partial charge on any atom is -0.494 e. The first-order valence-corrected chi connectivity index (χ1v) is 9.72. The lowest BCUT2D eigenvalue weighted by molar-refractivity contribution is -0.0180. The van der Waals surface area contributed by atoms with Crippen LogP contribution in [-0.4, -0.2) is 44.4 Å². The van der Waals surface area contributed by atoms with Gasteiger partial charge in [0.15, 0.2) is 0 Å². The van der Waals surface area contributed by atoms with Gasteiger partial charge in [-0.05, 0) is 50.4 Å². The molecule has 0 bridgehead atoms. The number of rotatable bonds is 9. The van der Waals surface area contributed by atoms with E-state index in [-0.39, 0.29) is 0 Å². The average Bonchev–Trinajstić information content (AvgIpc) is 2.59. The van der Waals surface area contributed by atoms with Gasteiger partial charge in [0.1, 0.15) is 5.75 Å². The lowest BCUT2D eigenvalue weighted by Gasteiger charge is -2.37. The van der Waals surface area contributed by atoms with E-state index in [4.69, 9.17) is 32.7 Å². The molecule has 0 amide bonds. The predicted octanol–water partition coefficient (Wildman–Crippen LogP) is 5.29. The third kappa shape index (κ3) is 6.11. The van der Waals surface area contributed by atoms with Gasteiger partial charge in [-0.3, -0.25) is 0 Å². The summed E-state index contributed by atoms with van der Waals surface area (Å²) in [7, 11) is 1.83. The molecule has 0 aromatic heterocycles. The second-order valence-corrected chi connectivity index (χ2v) is 7.36. The molecule has 1 heterocycles. The summed E-state index contributed by atoms with van der Waals surface area (Å²) < 4.78 is 11.6. The second kappa shape index (κ2) is 10.5. The fourth-order valence-electron chi connectivity index (χ4n) is 3.31. The van der Waals surface area contributed by atoms with E-state index in [1.807, 2.05) is 13.2 Å². The van der Waals surface area contributed by atoms with Crippen molar-refractivity contribution in [2.24, 2.45) is 5.92 Å². The van der Waals surface area contributed by atoms with Crippen LogP contribution in [0, 0.1) is 5.92 Å². The van der Waals surface area contributed by atoms with Crippen molar-refractivity contribution in [3.05, 3.63) is 28.2 Å². The zero-order valence-electron chi connectivity index (χ0n) is 14.8. The van der Waals surface area contributed by atoms with Crippen LogP contribution in [-0.2, 0) is 4.74 Å². The predicted molar refractivity (Wildman–Crippen MR) is 101 cm³/mol. The quantitative estimate of drug-likeness (QED) is 0.548. The number of nitrogens with zero attached hydrogens (tertiary/aromatic N) is 1. The summed E-state index contributed by atoms with van der Waals surface area (Å²) in [5, 5.41) is 1.09. The number of unbranched alkanes of at least 4 members (excludes halogenated alkanes) is 2. The second-order valence-electron chi connectivity index (χ2n) is 6.54. The topological polar surface area (TPSA) is 21.7 Å². The third-order valence-corrected chi connectivity index (χ3v) is 5.55. The number of halogens is 2. The molecule has 0 N–H and O–H groups in total. The highest BCUT2D eigenvalue weighted by atomic mass is 35.5. The normalized spacial score (nSPS) is 21.8. The van der Waals surface area contributed by atoms with E-state index in [0.717, 1.165) is 18.7 Å². The summed E-state index contributed by atoms with van der Waals surface area (Å²) in [6.45, 7) is 6.33. The fourth-order valence-corrected chi connectivity index (χ4v) is 3.60. The van der Waals surface area contributed by atoms with Gasteiger partial charge in [-0.25, -0.2) is 0 Å². The van der Waals surface area contributed by atoms with Gasteiger partial charge in [0.25, 0.3) is 0 Å². The Morgan fingerprint density at radius 2 is 2.04 bits per heavy atom. The van der Waals surface area contributed by atoms with Gasteiger partial charge in [-0.1, -0.05) is 43.0 Å². The highest BCUT2D eigenvalue weighted by molar-refractivity contribution is 6.42. The smallest absolute Gasteiger partial charge is 0.120 e. The molecule has 0 aliphatic carbocycles. The Balaban J connectivity index is 1.74. The molecule has 1 fully saturated rings. The number of benzene rings is 1. The third-order valence-electron chi connectivity index (χ3n) is 4.81. The summed E-state index contributed by atoms with van der Waals surface area (Å²) in [5.74, 6) is 1.33. The molecule has 1 aromatic carbocycles. The number of piperidine rings is 1. The monoisotopic (exact) mass is 373 g/mol. The maximum absolute atomic E-state index is 6.02. The Morgan fingerprint density at radius 3 is 2.75 bits per heavy atom. The molecular formula is C19H29Cl2NO2. The van der Waals surface area contributed by atoms with E-state index in [0.29, 0.717) is 28.7 Å². The van der Waals surface area contributed by atoms with E-state index < -0.39 is 0 Å². The lowest BCUT2D eigenvalue weighted by atomic mass is 9.91. The maximum atomic E-state index is 6.02. The Morgan fingerprint density at radius 1 is 1.21 bits per heavy atom. The minimum absolute atomic E-state index is 0.304.